The molecule has 12 heteroatoms. The van der Waals surface area contributed by atoms with Crippen molar-refractivity contribution >= 4 is 13.8 Å². The molecule has 4 N–H and O–H groups in total. The number of unbranched alkanes of at least 4 members (excludes halogenated alkanes) is 16. The molecule has 11 nitrogen and oxygen atoms in total. The molecule has 5 atom stereocenters. The van der Waals surface area contributed by atoms with E-state index in [1.54, 1.807) is 36.5 Å². The predicted molar refractivity (Wildman–Crippen MR) is 237 cm³/mol. The number of likely N-dealkylation sites (N-methyl/N-ethyl adjacent to an activating group) is 1. The number of esters is 1. The minimum Gasteiger partial charge on any atom is -0.492 e. The minimum absolute atomic E-state index is 0.00814. The summed E-state index contributed by atoms with van der Waals surface area (Å²) >= 11 is 0. The Morgan fingerprint density at radius 1 is 0.655 bits per heavy atom. The Labute approximate surface area is 353 Å². The van der Waals surface area contributed by atoms with Crippen molar-refractivity contribution < 1.29 is 52.6 Å². The molecule has 0 rings (SSSR count). The first-order chi connectivity index (χ1) is 27.8. The van der Waals surface area contributed by atoms with Crippen molar-refractivity contribution in [2.45, 2.75) is 180 Å². The smallest absolute Gasteiger partial charge is 0.472 e. The Balaban J connectivity index is 4.61. The fraction of sp³-hybridized carbons (Fsp3) is 0.761. The highest BCUT2D eigenvalue weighted by Gasteiger charge is 2.26. The molecule has 58 heavy (non-hydrogen) atoms. The first-order valence-electron chi connectivity index (χ1n) is 22.4. The van der Waals surface area contributed by atoms with E-state index in [0.29, 0.717) is 11.0 Å². The van der Waals surface area contributed by atoms with Gasteiger partial charge in [0.15, 0.2) is 6.10 Å². The molecule has 0 aromatic heterocycles. The second kappa shape index (κ2) is 37.9. The van der Waals surface area contributed by atoms with Gasteiger partial charge >= 0.3 is 13.8 Å². The van der Waals surface area contributed by atoms with Gasteiger partial charge in [-0.2, -0.15) is 0 Å². The molecule has 0 aromatic carbocycles. The molecule has 1 unspecified atom stereocenters. The third-order valence-electron chi connectivity index (χ3n) is 9.54. The van der Waals surface area contributed by atoms with E-state index in [2.05, 4.69) is 13.8 Å². The number of aliphatic hydroxyl groups excluding tert-OH is 3. The average Bonchev–Trinajstić information content (AvgIpc) is 3.17. The number of ether oxygens (including phenoxy) is 2. The molecule has 0 aliphatic rings. The highest BCUT2D eigenvalue weighted by Crippen LogP contribution is 2.43. The second-order valence-corrected chi connectivity index (χ2v) is 17.8. The summed E-state index contributed by atoms with van der Waals surface area (Å²) in [6.07, 6.45) is 37.2. The molecule has 0 aliphatic carbocycles. The number of phosphoric ester groups is 1. The van der Waals surface area contributed by atoms with Crippen LogP contribution in [0.1, 0.15) is 155 Å². The van der Waals surface area contributed by atoms with Crippen LogP contribution in [0.5, 0.6) is 0 Å². The van der Waals surface area contributed by atoms with Crippen LogP contribution >= 0.6 is 7.82 Å². The van der Waals surface area contributed by atoms with Gasteiger partial charge in [0, 0.05) is 6.42 Å². The first-order valence-corrected chi connectivity index (χ1v) is 23.9. The number of carbonyl (C=O) groups is 1. The van der Waals surface area contributed by atoms with Crippen molar-refractivity contribution in [1.82, 2.24) is 0 Å². The average molecular weight is 843 g/mol. The van der Waals surface area contributed by atoms with E-state index in [9.17, 15) is 29.6 Å². The van der Waals surface area contributed by atoms with Gasteiger partial charge in [0.25, 0.3) is 0 Å². The highest BCUT2D eigenvalue weighted by atomic mass is 31.2. The Morgan fingerprint density at radius 3 is 1.78 bits per heavy atom. The monoisotopic (exact) mass is 843 g/mol. The van der Waals surface area contributed by atoms with Gasteiger partial charge in [-0.25, -0.2) is 4.57 Å². The van der Waals surface area contributed by atoms with E-state index in [0.717, 1.165) is 44.9 Å². The summed E-state index contributed by atoms with van der Waals surface area (Å²) in [5, 5.41) is 30.5. The number of hydrogen-bond acceptors (Lipinski definition) is 9. The lowest BCUT2D eigenvalue weighted by Gasteiger charge is -2.24. The van der Waals surface area contributed by atoms with Crippen LogP contribution in [-0.2, 0) is 27.9 Å². The molecule has 0 bridgehead atoms. The lowest BCUT2D eigenvalue weighted by Crippen LogP contribution is -2.37. The first kappa shape index (κ1) is 55.9. The third kappa shape index (κ3) is 39.4. The third-order valence-corrected chi connectivity index (χ3v) is 10.5. The number of hydrogen-bond donors (Lipinski definition) is 4. The minimum atomic E-state index is -4.35. The Kier molecular flexibility index (Phi) is 36.5. The lowest BCUT2D eigenvalue weighted by molar-refractivity contribution is -0.870. The highest BCUT2D eigenvalue weighted by molar-refractivity contribution is 7.47. The summed E-state index contributed by atoms with van der Waals surface area (Å²) in [7, 11) is 1.48. The maximum absolute atomic E-state index is 12.5. The van der Waals surface area contributed by atoms with Gasteiger partial charge in [-0.3, -0.25) is 13.8 Å². The number of quaternary nitrogens is 1. The Bertz CT molecular complexity index is 1170. The molecular formula is C46H85NO10P+. The van der Waals surface area contributed by atoms with E-state index in [1.165, 1.54) is 89.4 Å². The number of phosphoric acid groups is 1. The van der Waals surface area contributed by atoms with Crippen LogP contribution in [0.3, 0.4) is 0 Å². The zero-order chi connectivity index (χ0) is 43.2. The number of carbonyl (C=O) groups excluding carboxylic acids is 1. The topological polar surface area (TPSA) is 152 Å². The summed E-state index contributed by atoms with van der Waals surface area (Å²) in [4.78, 5) is 22.7. The standard InChI is InChI=1S/C46H84NO10P/c1-6-8-10-11-12-13-14-15-16-17-18-19-20-23-26-30-38-54-43(41-57-58(52,53)56-39-37-47(3,4)5)40-55-46(51)36-31-35-45(50)44(49)34-29-25-22-21-24-28-33-42(48)32-27-9-7-2/h21-22,24-25,28-30,33-34,38,42-45,48-50H,6-20,23,26-27,31-32,35-37,39-41H2,1-5H3/p+1/b24-21-,25-22+,33-28+,34-29+,38-30+/t42-,43-,44-,45-/m1/s1. The SMILES string of the molecule is CCCCCCCCCCCCCCCC/C=C/O[C@H](COC(=O)CCC[C@@H](O)[C@H](O)/C=C/C=C/C=C\C=C\[C@H](O)CCCCC)COP(=O)(O)OCC[N+](C)(C)C. The number of aliphatic hydroxyl groups is 3. The van der Waals surface area contributed by atoms with Crippen molar-refractivity contribution in [1.29, 1.82) is 0 Å². The van der Waals surface area contributed by atoms with Crippen LogP contribution in [0, 0.1) is 0 Å². The fourth-order valence-corrected chi connectivity index (χ4v) is 6.54. The van der Waals surface area contributed by atoms with Gasteiger partial charge in [0.1, 0.15) is 19.8 Å². The van der Waals surface area contributed by atoms with Crippen molar-refractivity contribution in [2.75, 3.05) is 47.5 Å². The van der Waals surface area contributed by atoms with E-state index >= 15 is 0 Å². The van der Waals surface area contributed by atoms with E-state index in [-0.39, 0.29) is 39.1 Å². The zero-order valence-corrected chi connectivity index (χ0v) is 38.0. The fourth-order valence-electron chi connectivity index (χ4n) is 5.80. The molecule has 0 aromatic rings. The summed E-state index contributed by atoms with van der Waals surface area (Å²) in [5.74, 6) is -0.527. The maximum Gasteiger partial charge on any atom is 0.472 e. The Hall–Kier alpha value is -2.08. The normalized spacial score (nSPS) is 15.9. The number of rotatable bonds is 40. The summed E-state index contributed by atoms with van der Waals surface area (Å²) in [6, 6.07) is 0. The largest absolute Gasteiger partial charge is 0.492 e. The van der Waals surface area contributed by atoms with Gasteiger partial charge in [-0.05, 0) is 38.2 Å². The summed E-state index contributed by atoms with van der Waals surface area (Å²) in [5.41, 5.74) is 0. The van der Waals surface area contributed by atoms with Crippen LogP contribution < -0.4 is 0 Å². The summed E-state index contributed by atoms with van der Waals surface area (Å²) < 4.78 is 34.5. The van der Waals surface area contributed by atoms with E-state index < -0.39 is 38.2 Å². The lowest BCUT2D eigenvalue weighted by atomic mass is 10.0. The van der Waals surface area contributed by atoms with Crippen LogP contribution in [0.25, 0.3) is 0 Å². The zero-order valence-electron chi connectivity index (χ0n) is 37.1. The van der Waals surface area contributed by atoms with Gasteiger partial charge < -0.3 is 34.2 Å². The Morgan fingerprint density at radius 2 is 1.19 bits per heavy atom. The van der Waals surface area contributed by atoms with Crippen molar-refractivity contribution in [3.05, 3.63) is 60.9 Å². The van der Waals surface area contributed by atoms with Crippen LogP contribution in [0.2, 0.25) is 0 Å². The summed E-state index contributed by atoms with van der Waals surface area (Å²) in [6.45, 7) is 4.40. The number of nitrogens with zero attached hydrogens (tertiary/aromatic N) is 1. The molecular weight excluding hydrogens is 757 g/mol. The van der Waals surface area contributed by atoms with Crippen molar-refractivity contribution in [3.8, 4) is 0 Å². The molecule has 0 saturated heterocycles. The van der Waals surface area contributed by atoms with Crippen molar-refractivity contribution in [2.24, 2.45) is 0 Å². The van der Waals surface area contributed by atoms with E-state index in [1.807, 2.05) is 33.3 Å². The second-order valence-electron chi connectivity index (χ2n) is 16.4. The van der Waals surface area contributed by atoms with Crippen LogP contribution in [0.4, 0.5) is 0 Å². The molecule has 0 aliphatic heterocycles. The van der Waals surface area contributed by atoms with Gasteiger partial charge in [0.2, 0.25) is 0 Å². The van der Waals surface area contributed by atoms with Crippen LogP contribution in [-0.4, -0.2) is 103 Å². The van der Waals surface area contributed by atoms with Gasteiger partial charge in [-0.15, -0.1) is 0 Å². The van der Waals surface area contributed by atoms with Gasteiger partial charge in [-0.1, -0.05) is 165 Å². The molecule has 0 heterocycles. The molecule has 0 spiro atoms. The molecule has 338 valence electrons. The molecule has 0 saturated carbocycles. The van der Waals surface area contributed by atoms with Crippen LogP contribution in [0.15, 0.2) is 60.9 Å². The number of allylic oxidation sites excluding steroid dienone is 7. The maximum atomic E-state index is 12.5. The predicted octanol–water partition coefficient (Wildman–Crippen LogP) is 10.2. The van der Waals surface area contributed by atoms with E-state index in [4.69, 9.17) is 18.5 Å². The quantitative estimate of drug-likeness (QED) is 0.0117. The van der Waals surface area contributed by atoms with Crippen molar-refractivity contribution in [3.63, 3.8) is 0 Å². The molecule has 0 fully saturated rings. The molecule has 0 amide bonds. The van der Waals surface area contributed by atoms with Gasteiger partial charge in [0.05, 0.1) is 52.3 Å². The molecule has 0 radical (unpaired) electrons.